The van der Waals surface area contributed by atoms with Crippen LogP contribution >= 0.6 is 0 Å². The van der Waals surface area contributed by atoms with Crippen molar-refractivity contribution in [2.45, 2.75) is 12.8 Å². The summed E-state index contributed by atoms with van der Waals surface area (Å²) in [5.74, 6) is 0.0904. The number of benzene rings is 3. The van der Waals surface area contributed by atoms with Crippen LogP contribution in [0.15, 0.2) is 79.0 Å². The van der Waals surface area contributed by atoms with Crippen molar-refractivity contribution in [2.24, 2.45) is 0 Å². The van der Waals surface area contributed by atoms with Crippen LogP contribution in [-0.2, 0) is 6.42 Å². The number of Topliss-reactive ketones (excluding diaryl/α,β-unsaturated/α-hetero) is 1. The predicted octanol–water partition coefficient (Wildman–Crippen LogP) is 5.20. The summed E-state index contributed by atoms with van der Waals surface area (Å²) in [7, 11) is 0. The van der Waals surface area contributed by atoms with Gasteiger partial charge in [0.25, 0.3) is 0 Å². The highest BCUT2D eigenvalue weighted by atomic mass is 16.1. The molecule has 0 fully saturated rings. The molecule has 4 rings (SSSR count). The summed E-state index contributed by atoms with van der Waals surface area (Å²) in [5, 5.41) is 4.89. The molecule has 0 radical (unpaired) electrons. The second-order valence-electron chi connectivity index (χ2n) is 5.94. The molecule has 0 unspecified atom stereocenters. The van der Waals surface area contributed by atoms with E-state index < -0.39 is 0 Å². The number of aryl methyl sites for hydroxylation is 1. The third kappa shape index (κ3) is 2.67. The van der Waals surface area contributed by atoms with Gasteiger partial charge in [-0.05, 0) is 51.7 Å². The highest BCUT2D eigenvalue weighted by molar-refractivity contribution is 6.03. The maximum absolute atomic E-state index is 12.4. The summed E-state index contributed by atoms with van der Waals surface area (Å²) in [6.45, 7) is 0. The second kappa shape index (κ2) is 6.25. The van der Waals surface area contributed by atoms with Gasteiger partial charge < -0.3 is 0 Å². The van der Waals surface area contributed by atoms with Gasteiger partial charge in [-0.1, -0.05) is 54.6 Å². The third-order valence-corrected chi connectivity index (χ3v) is 4.44. The Kier molecular flexibility index (Phi) is 3.80. The third-order valence-electron chi connectivity index (χ3n) is 4.44. The first-order valence-corrected chi connectivity index (χ1v) is 8.16. The Bertz CT molecular complexity index is 968. The SMILES string of the molecule is O=C(CCc1c2ccccc2cc2ccccc12)c1ccccn1. The molecule has 1 aromatic heterocycles. The number of hydrogen-bond donors (Lipinski definition) is 0. The molecule has 0 spiro atoms. The first-order valence-electron chi connectivity index (χ1n) is 8.16. The van der Waals surface area contributed by atoms with Crippen molar-refractivity contribution in [2.75, 3.05) is 0 Å². The van der Waals surface area contributed by atoms with Gasteiger partial charge in [0.05, 0.1) is 0 Å². The average molecular weight is 311 g/mol. The number of ketones is 1. The molecule has 1 heterocycles. The van der Waals surface area contributed by atoms with E-state index in [-0.39, 0.29) is 5.78 Å². The van der Waals surface area contributed by atoms with E-state index in [9.17, 15) is 4.79 Å². The minimum absolute atomic E-state index is 0.0904. The Morgan fingerprint density at radius 2 is 1.42 bits per heavy atom. The van der Waals surface area contributed by atoms with Crippen molar-refractivity contribution < 1.29 is 4.79 Å². The molecule has 0 bridgehead atoms. The van der Waals surface area contributed by atoms with Crippen molar-refractivity contribution in [3.63, 3.8) is 0 Å². The van der Waals surface area contributed by atoms with E-state index in [0.717, 1.165) is 6.42 Å². The minimum atomic E-state index is 0.0904. The molecule has 116 valence electrons. The Balaban J connectivity index is 1.75. The fourth-order valence-corrected chi connectivity index (χ4v) is 3.27. The van der Waals surface area contributed by atoms with Gasteiger partial charge in [-0.2, -0.15) is 0 Å². The normalized spacial score (nSPS) is 11.0. The Hall–Kier alpha value is -3.00. The van der Waals surface area contributed by atoms with Crippen LogP contribution < -0.4 is 0 Å². The zero-order valence-electron chi connectivity index (χ0n) is 13.3. The summed E-state index contributed by atoms with van der Waals surface area (Å²) >= 11 is 0. The van der Waals surface area contributed by atoms with Crippen molar-refractivity contribution in [1.82, 2.24) is 4.98 Å². The van der Waals surface area contributed by atoms with Crippen LogP contribution in [-0.4, -0.2) is 10.8 Å². The number of hydrogen-bond acceptors (Lipinski definition) is 2. The maximum Gasteiger partial charge on any atom is 0.181 e. The lowest BCUT2D eigenvalue weighted by Gasteiger charge is -2.11. The molecular weight excluding hydrogens is 294 g/mol. The lowest BCUT2D eigenvalue weighted by atomic mass is 9.93. The van der Waals surface area contributed by atoms with Crippen LogP contribution in [0.25, 0.3) is 21.5 Å². The fourth-order valence-electron chi connectivity index (χ4n) is 3.27. The maximum atomic E-state index is 12.4. The second-order valence-corrected chi connectivity index (χ2v) is 5.94. The van der Waals surface area contributed by atoms with E-state index in [2.05, 4.69) is 59.6 Å². The smallest absolute Gasteiger partial charge is 0.181 e. The van der Waals surface area contributed by atoms with Crippen LogP contribution in [0.2, 0.25) is 0 Å². The van der Waals surface area contributed by atoms with Crippen molar-refractivity contribution in [3.05, 3.63) is 90.3 Å². The molecule has 0 N–H and O–H groups in total. The van der Waals surface area contributed by atoms with Gasteiger partial charge in [0.2, 0.25) is 0 Å². The van der Waals surface area contributed by atoms with Crippen LogP contribution in [0.4, 0.5) is 0 Å². The van der Waals surface area contributed by atoms with Crippen LogP contribution in [0.1, 0.15) is 22.5 Å². The average Bonchev–Trinajstić information content (AvgIpc) is 2.65. The number of fused-ring (bicyclic) bond motifs is 2. The molecule has 4 aromatic rings. The summed E-state index contributed by atoms with van der Waals surface area (Å²) < 4.78 is 0. The number of pyridine rings is 1. The van der Waals surface area contributed by atoms with Crippen molar-refractivity contribution in [3.8, 4) is 0 Å². The summed E-state index contributed by atoms with van der Waals surface area (Å²) in [4.78, 5) is 16.6. The van der Waals surface area contributed by atoms with Gasteiger partial charge in [0.1, 0.15) is 5.69 Å². The number of aromatic nitrogens is 1. The zero-order chi connectivity index (χ0) is 16.4. The van der Waals surface area contributed by atoms with Gasteiger partial charge >= 0.3 is 0 Å². The highest BCUT2D eigenvalue weighted by Crippen LogP contribution is 2.29. The van der Waals surface area contributed by atoms with Crippen LogP contribution in [0.5, 0.6) is 0 Å². The lowest BCUT2D eigenvalue weighted by Crippen LogP contribution is -2.04. The van der Waals surface area contributed by atoms with Gasteiger partial charge in [0.15, 0.2) is 5.78 Å². The molecule has 0 saturated heterocycles. The highest BCUT2D eigenvalue weighted by Gasteiger charge is 2.11. The topological polar surface area (TPSA) is 30.0 Å². The van der Waals surface area contributed by atoms with Gasteiger partial charge in [-0.15, -0.1) is 0 Å². The number of carbonyl (C=O) groups is 1. The van der Waals surface area contributed by atoms with E-state index in [4.69, 9.17) is 0 Å². The molecule has 0 atom stereocenters. The largest absolute Gasteiger partial charge is 0.292 e. The Morgan fingerprint density at radius 3 is 2.04 bits per heavy atom. The molecule has 0 saturated carbocycles. The summed E-state index contributed by atoms with van der Waals surface area (Å²) in [6, 6.07) is 24.4. The van der Waals surface area contributed by atoms with Crippen LogP contribution in [0, 0.1) is 0 Å². The molecule has 0 aliphatic rings. The number of rotatable bonds is 4. The van der Waals surface area contributed by atoms with Crippen molar-refractivity contribution >= 4 is 27.3 Å². The standard InChI is InChI=1S/C22H17NO/c24-22(21-11-5-6-14-23-21)13-12-20-18-9-3-1-7-16(18)15-17-8-2-4-10-19(17)20/h1-11,14-15H,12-13H2. The molecule has 0 aliphatic carbocycles. The Labute approximate surface area is 140 Å². The van der Waals surface area contributed by atoms with Gasteiger partial charge in [-0.3, -0.25) is 9.78 Å². The van der Waals surface area contributed by atoms with E-state index in [1.807, 2.05) is 12.1 Å². The first-order chi connectivity index (χ1) is 11.8. The molecule has 2 heteroatoms. The lowest BCUT2D eigenvalue weighted by molar-refractivity contribution is 0.0978. The van der Waals surface area contributed by atoms with E-state index in [0.29, 0.717) is 12.1 Å². The van der Waals surface area contributed by atoms with Gasteiger partial charge in [-0.25, -0.2) is 0 Å². The van der Waals surface area contributed by atoms with Gasteiger partial charge in [0, 0.05) is 12.6 Å². The minimum Gasteiger partial charge on any atom is -0.292 e. The molecule has 0 amide bonds. The monoisotopic (exact) mass is 311 g/mol. The number of carbonyl (C=O) groups excluding carboxylic acids is 1. The molecule has 0 aliphatic heterocycles. The van der Waals surface area contributed by atoms with Crippen molar-refractivity contribution in [1.29, 1.82) is 0 Å². The van der Waals surface area contributed by atoms with E-state index in [1.54, 1.807) is 12.3 Å². The molecule has 24 heavy (non-hydrogen) atoms. The molecular formula is C22H17NO. The van der Waals surface area contributed by atoms with E-state index in [1.165, 1.54) is 27.1 Å². The predicted molar refractivity (Wildman–Crippen MR) is 98.3 cm³/mol. The molecule has 3 aromatic carbocycles. The summed E-state index contributed by atoms with van der Waals surface area (Å²) in [5.41, 5.74) is 1.79. The number of nitrogens with zero attached hydrogens (tertiary/aromatic N) is 1. The van der Waals surface area contributed by atoms with Crippen LogP contribution in [0.3, 0.4) is 0 Å². The fraction of sp³-hybridized carbons (Fsp3) is 0.0909. The van der Waals surface area contributed by atoms with E-state index >= 15 is 0 Å². The quantitative estimate of drug-likeness (QED) is 0.383. The zero-order valence-corrected chi connectivity index (χ0v) is 13.3. The molecule has 2 nitrogen and oxygen atoms in total. The summed E-state index contributed by atoms with van der Waals surface area (Å²) in [6.07, 6.45) is 2.85. The Morgan fingerprint density at radius 1 is 0.792 bits per heavy atom. The first kappa shape index (κ1) is 14.6.